The van der Waals surface area contributed by atoms with E-state index in [4.69, 9.17) is 47.7 Å². The molecule has 0 aliphatic rings. The minimum atomic E-state index is -1.82. The van der Waals surface area contributed by atoms with Crippen molar-refractivity contribution in [2.24, 2.45) is 0 Å². The molecule has 1 aromatic rings. The van der Waals surface area contributed by atoms with Gasteiger partial charge in [0.1, 0.15) is 12.4 Å². The molecule has 1 rings (SSSR count). The van der Waals surface area contributed by atoms with Gasteiger partial charge in [0.05, 0.1) is 16.6 Å². The van der Waals surface area contributed by atoms with Crippen LogP contribution in [0.5, 0.6) is 5.75 Å². The van der Waals surface area contributed by atoms with Crippen molar-refractivity contribution in [3.63, 3.8) is 0 Å². The zero-order valence-corrected chi connectivity index (χ0v) is 19.0. The third kappa shape index (κ3) is 12.4. The number of rotatable bonds is 9. The van der Waals surface area contributed by atoms with E-state index >= 15 is 0 Å². The van der Waals surface area contributed by atoms with Gasteiger partial charge >= 0.3 is 18.0 Å². The van der Waals surface area contributed by atoms with Crippen LogP contribution in [0.1, 0.15) is 20.3 Å². The van der Waals surface area contributed by atoms with Crippen molar-refractivity contribution < 1.29 is 29.3 Å². The van der Waals surface area contributed by atoms with Gasteiger partial charge in [-0.15, -0.1) is 0 Å². The highest BCUT2D eigenvalue weighted by molar-refractivity contribution is 6.42. The molecule has 0 fully saturated rings. The molecule has 0 aromatic heterocycles. The number of carboxylic acid groups (broad SMARTS) is 2. The molecule has 0 radical (unpaired) electrons. The number of nitrogens with one attached hydrogen (secondary N) is 1. The molecule has 0 bridgehead atoms. The van der Waals surface area contributed by atoms with Gasteiger partial charge in [-0.05, 0) is 53.0 Å². The highest BCUT2D eigenvalue weighted by Crippen LogP contribution is 2.26. The maximum Gasteiger partial charge on any atom is 0.414 e. The van der Waals surface area contributed by atoms with Crippen molar-refractivity contribution in [3.8, 4) is 5.75 Å². The number of amides is 2. The topological polar surface area (TPSA) is 119 Å². The summed E-state index contributed by atoms with van der Waals surface area (Å²) in [6.07, 6.45) is 0.921. The Morgan fingerprint density at radius 1 is 1.07 bits per heavy atom. The summed E-state index contributed by atoms with van der Waals surface area (Å²) in [6, 6.07) is 5.15. The second-order valence-electron chi connectivity index (χ2n) is 6.71. The quantitative estimate of drug-likeness (QED) is 0.378. The highest BCUT2D eigenvalue weighted by atomic mass is 35.5. The molecule has 0 aliphatic heterocycles. The number of ether oxygens (including phenoxy) is 1. The number of nitrogens with zero attached hydrogens (tertiary/aromatic N) is 2. The fraction of sp³-hybridized carbons (Fsp3) is 0.526. The molecule has 3 N–H and O–H groups in total. The van der Waals surface area contributed by atoms with Crippen LogP contribution in [0.4, 0.5) is 4.79 Å². The Morgan fingerprint density at radius 2 is 1.67 bits per heavy atom. The zero-order valence-electron chi connectivity index (χ0n) is 17.5. The number of carboxylic acids is 2. The SMILES string of the molecule is CC(C)N(CCOc1ccc(Cl)c(Cl)c1)C(=O)NCCCN(C)C.O=C(O)C(=O)O. The first-order valence-electron chi connectivity index (χ1n) is 9.19. The van der Waals surface area contributed by atoms with E-state index in [1.165, 1.54) is 0 Å². The Labute approximate surface area is 186 Å². The first-order chi connectivity index (χ1) is 14.0. The van der Waals surface area contributed by atoms with Gasteiger partial charge in [0.15, 0.2) is 0 Å². The van der Waals surface area contributed by atoms with Crippen molar-refractivity contribution in [3.05, 3.63) is 28.2 Å². The lowest BCUT2D eigenvalue weighted by Crippen LogP contribution is -2.46. The fourth-order valence-electron chi connectivity index (χ4n) is 2.11. The molecule has 0 unspecified atom stereocenters. The predicted octanol–water partition coefficient (Wildman–Crippen LogP) is 2.90. The molecular weight excluding hydrogens is 437 g/mol. The van der Waals surface area contributed by atoms with Crippen LogP contribution >= 0.6 is 23.2 Å². The molecule has 0 atom stereocenters. The smallest absolute Gasteiger partial charge is 0.414 e. The molecule has 1 aromatic carbocycles. The Bertz CT molecular complexity index is 689. The maximum absolute atomic E-state index is 12.3. The van der Waals surface area contributed by atoms with Crippen LogP contribution in [0.3, 0.4) is 0 Å². The highest BCUT2D eigenvalue weighted by Gasteiger charge is 2.16. The summed E-state index contributed by atoms with van der Waals surface area (Å²) in [5, 5.41) is 18.7. The van der Waals surface area contributed by atoms with Crippen LogP contribution in [0.2, 0.25) is 10.0 Å². The Kier molecular flexibility index (Phi) is 13.6. The molecule has 0 saturated heterocycles. The summed E-state index contributed by atoms with van der Waals surface area (Å²) in [5.41, 5.74) is 0. The monoisotopic (exact) mass is 465 g/mol. The number of urea groups is 1. The lowest BCUT2D eigenvalue weighted by molar-refractivity contribution is -0.159. The number of carbonyl (C=O) groups excluding carboxylic acids is 1. The van der Waals surface area contributed by atoms with Gasteiger partial charge in [0.25, 0.3) is 0 Å². The third-order valence-electron chi connectivity index (χ3n) is 3.62. The van der Waals surface area contributed by atoms with Crippen LogP contribution in [0, 0.1) is 0 Å². The van der Waals surface area contributed by atoms with Crippen molar-refractivity contribution >= 4 is 41.2 Å². The summed E-state index contributed by atoms with van der Waals surface area (Å²) in [4.78, 5) is 34.3. The largest absolute Gasteiger partial charge is 0.492 e. The maximum atomic E-state index is 12.3. The van der Waals surface area contributed by atoms with E-state index < -0.39 is 11.9 Å². The van der Waals surface area contributed by atoms with E-state index in [-0.39, 0.29) is 12.1 Å². The summed E-state index contributed by atoms with van der Waals surface area (Å²) < 4.78 is 5.66. The Balaban J connectivity index is 0.00000122. The molecule has 0 heterocycles. The molecular formula is C19H29Cl2N3O6. The summed E-state index contributed by atoms with van der Waals surface area (Å²) in [5.74, 6) is -3.01. The van der Waals surface area contributed by atoms with Crippen LogP contribution in [0.25, 0.3) is 0 Å². The predicted molar refractivity (Wildman–Crippen MR) is 116 cm³/mol. The molecule has 30 heavy (non-hydrogen) atoms. The van der Waals surface area contributed by atoms with E-state index in [2.05, 4.69) is 10.2 Å². The number of hydrogen-bond donors (Lipinski definition) is 3. The molecule has 170 valence electrons. The van der Waals surface area contributed by atoms with Crippen molar-refractivity contribution in [1.29, 1.82) is 0 Å². The third-order valence-corrected chi connectivity index (χ3v) is 4.36. The van der Waals surface area contributed by atoms with Gasteiger partial charge in [-0.3, -0.25) is 0 Å². The summed E-state index contributed by atoms with van der Waals surface area (Å²) in [7, 11) is 4.03. The van der Waals surface area contributed by atoms with Gasteiger partial charge in [-0.1, -0.05) is 23.2 Å². The first-order valence-corrected chi connectivity index (χ1v) is 9.94. The van der Waals surface area contributed by atoms with E-state index in [1.807, 2.05) is 27.9 Å². The molecule has 11 heteroatoms. The second kappa shape index (κ2) is 14.7. The van der Waals surface area contributed by atoms with Crippen molar-refractivity contribution in [1.82, 2.24) is 15.1 Å². The summed E-state index contributed by atoms with van der Waals surface area (Å²) >= 11 is 11.8. The van der Waals surface area contributed by atoms with Crippen molar-refractivity contribution in [2.45, 2.75) is 26.3 Å². The lowest BCUT2D eigenvalue weighted by atomic mass is 10.3. The van der Waals surface area contributed by atoms with E-state index in [0.717, 1.165) is 13.0 Å². The normalized spacial score (nSPS) is 10.3. The molecule has 0 saturated carbocycles. The fourth-order valence-corrected chi connectivity index (χ4v) is 2.40. The zero-order chi connectivity index (χ0) is 23.3. The van der Waals surface area contributed by atoms with E-state index in [0.29, 0.717) is 35.5 Å². The Morgan fingerprint density at radius 3 is 2.13 bits per heavy atom. The first kappa shape index (κ1) is 27.8. The summed E-state index contributed by atoms with van der Waals surface area (Å²) in [6.45, 7) is 6.46. The molecule has 2 amide bonds. The van der Waals surface area contributed by atoms with E-state index in [9.17, 15) is 4.79 Å². The van der Waals surface area contributed by atoms with E-state index in [1.54, 1.807) is 23.1 Å². The average Bonchev–Trinajstić information content (AvgIpc) is 2.65. The number of benzene rings is 1. The standard InChI is InChI=1S/C17H27Cl2N3O2.C2H2O4/c1-13(2)22(17(23)20-8-5-9-21(3)4)10-11-24-14-6-7-15(18)16(19)12-14;3-1(4)2(5)6/h6-7,12-13H,5,8-11H2,1-4H3,(H,20,23);(H,3,4)(H,5,6). The van der Waals surface area contributed by atoms with Gasteiger partial charge in [0, 0.05) is 18.7 Å². The molecule has 9 nitrogen and oxygen atoms in total. The van der Waals surface area contributed by atoms with Gasteiger partial charge in [0.2, 0.25) is 0 Å². The van der Waals surface area contributed by atoms with Gasteiger partial charge in [-0.25, -0.2) is 14.4 Å². The number of hydrogen-bond acceptors (Lipinski definition) is 5. The minimum Gasteiger partial charge on any atom is -0.492 e. The second-order valence-corrected chi connectivity index (χ2v) is 7.52. The van der Waals surface area contributed by atoms with Crippen LogP contribution in [-0.4, -0.2) is 84.4 Å². The number of aliphatic carboxylic acids is 2. The van der Waals surface area contributed by atoms with Crippen LogP contribution in [0.15, 0.2) is 18.2 Å². The van der Waals surface area contributed by atoms with Gasteiger partial charge < -0.3 is 30.1 Å². The lowest BCUT2D eigenvalue weighted by Gasteiger charge is -2.27. The molecule has 0 spiro atoms. The average molecular weight is 466 g/mol. The molecule has 0 aliphatic carbocycles. The van der Waals surface area contributed by atoms with Crippen molar-refractivity contribution in [2.75, 3.05) is 40.3 Å². The number of halogens is 2. The van der Waals surface area contributed by atoms with Crippen LogP contribution in [-0.2, 0) is 9.59 Å². The van der Waals surface area contributed by atoms with Gasteiger partial charge in [-0.2, -0.15) is 0 Å². The minimum absolute atomic E-state index is 0.0681. The Hall–Kier alpha value is -2.23. The number of carbonyl (C=O) groups is 3. The van der Waals surface area contributed by atoms with Crippen LogP contribution < -0.4 is 10.1 Å².